The van der Waals surface area contributed by atoms with Crippen molar-refractivity contribution < 1.29 is 19.2 Å². The number of carbonyl (C=O) groups excluding carboxylic acids is 1. The van der Waals surface area contributed by atoms with Gasteiger partial charge in [0.25, 0.3) is 5.69 Å². The molecule has 0 saturated carbocycles. The summed E-state index contributed by atoms with van der Waals surface area (Å²) in [5.41, 5.74) is -0.0570. The average Bonchev–Trinajstić information content (AvgIpc) is 2.42. The molecule has 0 atom stereocenters. The lowest BCUT2D eigenvalue weighted by Gasteiger charge is -2.11. The predicted octanol–water partition coefficient (Wildman–Crippen LogP) is 4.35. The fourth-order valence-electron chi connectivity index (χ4n) is 2.11. The second-order valence-electron chi connectivity index (χ2n) is 4.83. The van der Waals surface area contributed by atoms with Crippen LogP contribution in [0.2, 0.25) is 0 Å². The van der Waals surface area contributed by atoms with Gasteiger partial charge in [0.1, 0.15) is 11.5 Å². The number of benzene rings is 1. The molecule has 2 rings (SSSR count). The van der Waals surface area contributed by atoms with Gasteiger partial charge in [-0.05, 0) is 37.5 Å². The van der Waals surface area contributed by atoms with Gasteiger partial charge in [0.15, 0.2) is 0 Å². The molecule has 0 heterocycles. The summed E-state index contributed by atoms with van der Waals surface area (Å²) < 4.78 is 10.2. The number of hydrogen-bond donors (Lipinski definition) is 0. The molecular weight excluding hydrogens is 274 g/mol. The van der Waals surface area contributed by atoms with Gasteiger partial charge in [-0.3, -0.25) is 10.1 Å². The van der Waals surface area contributed by atoms with Crippen molar-refractivity contribution in [2.45, 2.75) is 38.5 Å². The highest BCUT2D eigenvalue weighted by atomic mass is 16.7. The maximum absolute atomic E-state index is 11.7. The van der Waals surface area contributed by atoms with Crippen LogP contribution in [0.3, 0.4) is 0 Å². The van der Waals surface area contributed by atoms with E-state index in [0.29, 0.717) is 5.76 Å². The van der Waals surface area contributed by atoms with Crippen molar-refractivity contribution in [2.75, 3.05) is 0 Å². The van der Waals surface area contributed by atoms with Gasteiger partial charge in [0.2, 0.25) is 0 Å². The minimum Gasteiger partial charge on any atom is -0.400 e. The van der Waals surface area contributed by atoms with E-state index in [2.05, 4.69) is 0 Å². The van der Waals surface area contributed by atoms with Crippen molar-refractivity contribution in [3.63, 3.8) is 0 Å². The number of non-ortho nitro benzene ring substituents is 1. The summed E-state index contributed by atoms with van der Waals surface area (Å²) in [5.74, 6) is 0.860. The van der Waals surface area contributed by atoms with E-state index < -0.39 is 11.1 Å². The van der Waals surface area contributed by atoms with Crippen LogP contribution in [-0.2, 0) is 4.74 Å². The Hall–Kier alpha value is -2.37. The van der Waals surface area contributed by atoms with Crippen molar-refractivity contribution in [2.24, 2.45) is 0 Å². The molecule has 0 N–H and O–H groups in total. The molecule has 1 aromatic carbocycles. The SMILES string of the molecule is O=C(O/C1=C/CCCCCC1)Oc1ccc([N+](=O)[O-])cc1. The zero-order valence-electron chi connectivity index (χ0n) is 11.6. The number of carbonyl (C=O) groups is 1. The molecule has 0 bridgehead atoms. The van der Waals surface area contributed by atoms with Crippen molar-refractivity contribution >= 4 is 11.8 Å². The van der Waals surface area contributed by atoms with Gasteiger partial charge in [-0.1, -0.05) is 12.8 Å². The normalized spacial score (nSPS) is 17.8. The lowest BCUT2D eigenvalue weighted by molar-refractivity contribution is -0.384. The Balaban J connectivity index is 1.90. The fraction of sp³-hybridized carbons (Fsp3) is 0.400. The van der Waals surface area contributed by atoms with Crippen molar-refractivity contribution in [3.05, 3.63) is 46.2 Å². The highest BCUT2D eigenvalue weighted by Crippen LogP contribution is 2.20. The molecule has 1 aliphatic carbocycles. The second-order valence-corrected chi connectivity index (χ2v) is 4.83. The number of rotatable bonds is 3. The quantitative estimate of drug-likeness (QED) is 0.358. The minimum atomic E-state index is -0.810. The maximum Gasteiger partial charge on any atom is 0.519 e. The first-order chi connectivity index (χ1) is 10.1. The van der Waals surface area contributed by atoms with Gasteiger partial charge in [-0.15, -0.1) is 0 Å². The van der Waals surface area contributed by atoms with Crippen LogP contribution in [0.5, 0.6) is 5.75 Å². The number of nitro benzene ring substituents is 1. The Labute approximate surface area is 122 Å². The molecule has 21 heavy (non-hydrogen) atoms. The average molecular weight is 291 g/mol. The molecule has 1 aliphatic rings. The third-order valence-corrected chi connectivity index (χ3v) is 3.21. The van der Waals surface area contributed by atoms with E-state index in [1.807, 2.05) is 6.08 Å². The first-order valence-corrected chi connectivity index (χ1v) is 6.98. The summed E-state index contributed by atoms with van der Waals surface area (Å²) in [6.07, 6.45) is 7.19. The van der Waals surface area contributed by atoms with Crippen LogP contribution < -0.4 is 4.74 Å². The van der Waals surface area contributed by atoms with Gasteiger partial charge in [0, 0.05) is 18.6 Å². The molecule has 6 heteroatoms. The summed E-state index contributed by atoms with van der Waals surface area (Å²) >= 11 is 0. The van der Waals surface area contributed by atoms with Crippen LogP contribution in [0.4, 0.5) is 10.5 Å². The Morgan fingerprint density at radius 3 is 2.48 bits per heavy atom. The predicted molar refractivity (Wildman–Crippen MR) is 76.0 cm³/mol. The van der Waals surface area contributed by atoms with E-state index in [0.717, 1.165) is 32.1 Å². The number of nitrogens with zero attached hydrogens (tertiary/aromatic N) is 1. The summed E-state index contributed by atoms with van der Waals surface area (Å²) in [7, 11) is 0. The highest BCUT2D eigenvalue weighted by molar-refractivity contribution is 5.65. The molecule has 112 valence electrons. The third kappa shape index (κ3) is 4.91. The van der Waals surface area contributed by atoms with Gasteiger partial charge in [-0.2, -0.15) is 0 Å². The smallest absolute Gasteiger partial charge is 0.400 e. The van der Waals surface area contributed by atoms with Crippen LogP contribution >= 0.6 is 0 Å². The molecule has 0 aliphatic heterocycles. The Bertz CT molecular complexity index is 535. The monoisotopic (exact) mass is 291 g/mol. The number of hydrogen-bond acceptors (Lipinski definition) is 5. The van der Waals surface area contributed by atoms with E-state index in [-0.39, 0.29) is 11.4 Å². The first-order valence-electron chi connectivity index (χ1n) is 6.98. The summed E-state index contributed by atoms with van der Waals surface area (Å²) in [6, 6.07) is 5.28. The maximum atomic E-state index is 11.7. The van der Waals surface area contributed by atoms with Crippen LogP contribution in [0.25, 0.3) is 0 Å². The molecular formula is C15H17NO5. The van der Waals surface area contributed by atoms with Gasteiger partial charge < -0.3 is 9.47 Å². The third-order valence-electron chi connectivity index (χ3n) is 3.21. The summed E-state index contributed by atoms with van der Waals surface area (Å²) in [4.78, 5) is 21.7. The Morgan fingerprint density at radius 1 is 1.05 bits per heavy atom. The molecule has 0 fully saturated rings. The lowest BCUT2D eigenvalue weighted by atomic mass is 10.1. The van der Waals surface area contributed by atoms with Gasteiger partial charge in [-0.25, -0.2) is 4.79 Å². The molecule has 0 amide bonds. The largest absolute Gasteiger partial charge is 0.519 e. The standard InChI is InChI=1S/C15H17NO5/c17-15(20-13-6-4-2-1-3-5-7-13)21-14-10-8-12(9-11-14)16(18)19/h6,8-11H,1-5,7H2/b13-6+. The summed E-state index contributed by atoms with van der Waals surface area (Å²) in [5, 5.41) is 10.5. The summed E-state index contributed by atoms with van der Waals surface area (Å²) in [6.45, 7) is 0. The first kappa shape index (κ1) is 15.0. The van der Waals surface area contributed by atoms with E-state index in [4.69, 9.17) is 9.47 Å². The Kier molecular flexibility index (Phi) is 5.31. The van der Waals surface area contributed by atoms with Crippen LogP contribution in [0.15, 0.2) is 36.1 Å². The van der Waals surface area contributed by atoms with Crippen molar-refractivity contribution in [3.8, 4) is 5.75 Å². The van der Waals surface area contributed by atoms with Crippen molar-refractivity contribution in [1.82, 2.24) is 0 Å². The van der Waals surface area contributed by atoms with E-state index >= 15 is 0 Å². The zero-order chi connectivity index (χ0) is 15.1. The highest BCUT2D eigenvalue weighted by Gasteiger charge is 2.12. The van der Waals surface area contributed by atoms with Crippen LogP contribution in [-0.4, -0.2) is 11.1 Å². The molecule has 0 saturated heterocycles. The number of allylic oxidation sites excluding steroid dienone is 2. The topological polar surface area (TPSA) is 78.7 Å². The van der Waals surface area contributed by atoms with Crippen LogP contribution in [0.1, 0.15) is 38.5 Å². The second kappa shape index (κ2) is 7.42. The number of nitro groups is 1. The van der Waals surface area contributed by atoms with E-state index in [1.54, 1.807) is 0 Å². The molecule has 0 unspecified atom stereocenters. The van der Waals surface area contributed by atoms with E-state index in [9.17, 15) is 14.9 Å². The molecule has 1 aromatic rings. The Morgan fingerprint density at radius 2 is 1.76 bits per heavy atom. The molecule has 0 spiro atoms. The van der Waals surface area contributed by atoms with Crippen molar-refractivity contribution in [1.29, 1.82) is 0 Å². The van der Waals surface area contributed by atoms with Gasteiger partial charge in [0.05, 0.1) is 4.92 Å². The van der Waals surface area contributed by atoms with Gasteiger partial charge >= 0.3 is 6.16 Å². The molecule has 6 nitrogen and oxygen atoms in total. The lowest BCUT2D eigenvalue weighted by Crippen LogP contribution is -2.11. The molecule has 0 radical (unpaired) electrons. The molecule has 0 aromatic heterocycles. The zero-order valence-corrected chi connectivity index (χ0v) is 11.6. The minimum absolute atomic E-state index is 0.0570. The van der Waals surface area contributed by atoms with E-state index in [1.165, 1.54) is 30.7 Å². The number of ether oxygens (including phenoxy) is 2. The van der Waals surface area contributed by atoms with Crippen LogP contribution in [0, 0.1) is 10.1 Å². The fourth-order valence-corrected chi connectivity index (χ4v) is 2.11.